The number of thiazole rings is 1. The highest BCUT2D eigenvalue weighted by atomic mass is 35.5. The number of anilines is 1. The summed E-state index contributed by atoms with van der Waals surface area (Å²) in [6.07, 6.45) is 0.105. The smallest absolute Gasteiger partial charge is 0.226 e. The van der Waals surface area contributed by atoms with Gasteiger partial charge in [-0.15, -0.1) is 11.3 Å². The lowest BCUT2D eigenvalue weighted by atomic mass is 10.1. The second-order valence-corrected chi connectivity index (χ2v) is 7.01. The van der Waals surface area contributed by atoms with Crippen molar-refractivity contribution < 1.29 is 14.3 Å². The van der Waals surface area contributed by atoms with Crippen molar-refractivity contribution >= 4 is 39.8 Å². The third-order valence-corrected chi connectivity index (χ3v) is 4.85. The summed E-state index contributed by atoms with van der Waals surface area (Å²) in [6.45, 7) is 0. The maximum atomic E-state index is 12.4. The number of nitrogens with zero attached hydrogens (tertiary/aromatic N) is 1. The summed E-state index contributed by atoms with van der Waals surface area (Å²) in [6, 6.07) is 14.5. The molecule has 0 aliphatic heterocycles. The zero-order valence-corrected chi connectivity index (χ0v) is 16.1. The normalized spacial score (nSPS) is 10.4. The van der Waals surface area contributed by atoms with Crippen LogP contribution in [0.25, 0.3) is 11.3 Å². The average molecular weight is 401 g/mol. The quantitative estimate of drug-likeness (QED) is 0.562. The molecule has 1 heterocycles. The van der Waals surface area contributed by atoms with E-state index >= 15 is 0 Å². The molecule has 3 rings (SSSR count). The van der Waals surface area contributed by atoms with Gasteiger partial charge in [0.2, 0.25) is 5.91 Å². The number of aromatic nitrogens is 1. The molecule has 138 valence electrons. The lowest BCUT2D eigenvalue weighted by Crippen LogP contribution is -2.13. The Morgan fingerprint density at radius 1 is 1.15 bits per heavy atom. The van der Waals surface area contributed by atoms with Crippen LogP contribution in [0.5, 0.6) is 5.75 Å². The zero-order chi connectivity index (χ0) is 19.2. The second-order valence-electron chi connectivity index (χ2n) is 5.72. The minimum Gasteiger partial charge on any atom is -0.496 e. The van der Waals surface area contributed by atoms with E-state index in [1.165, 1.54) is 18.4 Å². The van der Waals surface area contributed by atoms with Crippen LogP contribution in [-0.2, 0) is 4.79 Å². The van der Waals surface area contributed by atoms with Crippen molar-refractivity contribution in [3.05, 3.63) is 64.5 Å². The van der Waals surface area contributed by atoms with E-state index in [-0.39, 0.29) is 24.5 Å². The molecule has 0 aliphatic carbocycles. The number of benzene rings is 2. The number of halogens is 1. The monoisotopic (exact) mass is 400 g/mol. The van der Waals surface area contributed by atoms with E-state index in [1.54, 1.807) is 18.2 Å². The summed E-state index contributed by atoms with van der Waals surface area (Å²) in [5.41, 5.74) is 2.16. The third kappa shape index (κ3) is 4.93. The predicted octanol–water partition coefficient (Wildman–Crippen LogP) is 5.07. The lowest BCUT2D eigenvalue weighted by Gasteiger charge is -2.08. The standard InChI is InChI=1S/C20H17ClN2O3S/c1-26-18-9-7-14(21)11-15(18)17(24)8-10-19(25)23-20-22-16(12-27-20)13-5-3-2-4-6-13/h2-7,9,11-12H,8,10H2,1H3,(H,22,23,25). The van der Waals surface area contributed by atoms with E-state index in [0.717, 1.165) is 11.3 Å². The summed E-state index contributed by atoms with van der Waals surface area (Å²) >= 11 is 7.29. The van der Waals surface area contributed by atoms with E-state index in [1.807, 2.05) is 35.7 Å². The van der Waals surface area contributed by atoms with Gasteiger partial charge in [0.1, 0.15) is 5.75 Å². The molecule has 0 fully saturated rings. The first-order valence-corrected chi connectivity index (χ1v) is 9.50. The Morgan fingerprint density at radius 2 is 1.93 bits per heavy atom. The molecule has 0 saturated carbocycles. The van der Waals surface area contributed by atoms with Gasteiger partial charge in [0.15, 0.2) is 10.9 Å². The van der Waals surface area contributed by atoms with Crippen LogP contribution in [-0.4, -0.2) is 23.8 Å². The number of amides is 1. The fourth-order valence-corrected chi connectivity index (χ4v) is 3.42. The van der Waals surface area contributed by atoms with Crippen molar-refractivity contribution in [2.24, 2.45) is 0 Å². The number of ether oxygens (including phenoxy) is 1. The molecule has 0 atom stereocenters. The van der Waals surface area contributed by atoms with Crippen LogP contribution in [0, 0.1) is 0 Å². The molecule has 0 bridgehead atoms. The van der Waals surface area contributed by atoms with Crippen LogP contribution in [0.15, 0.2) is 53.9 Å². The highest BCUT2D eigenvalue weighted by molar-refractivity contribution is 7.14. The maximum absolute atomic E-state index is 12.4. The van der Waals surface area contributed by atoms with E-state index in [4.69, 9.17) is 16.3 Å². The number of carbonyl (C=O) groups excluding carboxylic acids is 2. The molecule has 1 amide bonds. The van der Waals surface area contributed by atoms with Crippen LogP contribution < -0.4 is 10.1 Å². The Bertz CT molecular complexity index is 957. The minimum absolute atomic E-state index is 0.0503. The van der Waals surface area contributed by atoms with Gasteiger partial charge in [0.05, 0.1) is 18.4 Å². The zero-order valence-electron chi connectivity index (χ0n) is 14.6. The Kier molecular flexibility index (Phi) is 6.21. The van der Waals surface area contributed by atoms with Crippen LogP contribution in [0.1, 0.15) is 23.2 Å². The molecule has 0 radical (unpaired) electrons. The SMILES string of the molecule is COc1ccc(Cl)cc1C(=O)CCC(=O)Nc1nc(-c2ccccc2)cs1. The molecule has 1 aromatic heterocycles. The highest BCUT2D eigenvalue weighted by Gasteiger charge is 2.15. The molecule has 0 spiro atoms. The molecule has 7 heteroatoms. The number of rotatable bonds is 7. The molecule has 5 nitrogen and oxygen atoms in total. The second kappa shape index (κ2) is 8.79. The van der Waals surface area contributed by atoms with Gasteiger partial charge in [-0.05, 0) is 18.2 Å². The summed E-state index contributed by atoms with van der Waals surface area (Å²) in [4.78, 5) is 29.0. The number of carbonyl (C=O) groups is 2. The van der Waals surface area contributed by atoms with Gasteiger partial charge in [-0.3, -0.25) is 9.59 Å². The Morgan fingerprint density at radius 3 is 2.67 bits per heavy atom. The van der Waals surface area contributed by atoms with Crippen LogP contribution >= 0.6 is 22.9 Å². The first-order chi connectivity index (χ1) is 13.1. The van der Waals surface area contributed by atoms with Gasteiger partial charge < -0.3 is 10.1 Å². The van der Waals surface area contributed by atoms with Crippen LogP contribution in [0.3, 0.4) is 0 Å². The molecule has 2 aromatic carbocycles. The number of methoxy groups -OCH3 is 1. The van der Waals surface area contributed by atoms with Gasteiger partial charge in [0, 0.05) is 28.8 Å². The summed E-state index contributed by atoms with van der Waals surface area (Å²) in [7, 11) is 1.49. The molecule has 3 aromatic rings. The summed E-state index contributed by atoms with van der Waals surface area (Å²) in [5.74, 6) is -0.0239. The minimum atomic E-state index is -0.265. The number of nitrogens with one attached hydrogen (secondary N) is 1. The Labute approximate surface area is 166 Å². The molecule has 27 heavy (non-hydrogen) atoms. The van der Waals surface area contributed by atoms with Gasteiger partial charge in [0.25, 0.3) is 0 Å². The van der Waals surface area contributed by atoms with Crippen LogP contribution in [0.4, 0.5) is 5.13 Å². The first kappa shape index (κ1) is 19.1. The number of ketones is 1. The van der Waals surface area contributed by atoms with Crippen molar-refractivity contribution in [1.29, 1.82) is 0 Å². The molecule has 0 unspecified atom stereocenters. The number of Topliss-reactive ketones (excluding diaryl/α,β-unsaturated/α-hetero) is 1. The first-order valence-electron chi connectivity index (χ1n) is 8.24. The van der Waals surface area contributed by atoms with Crippen molar-refractivity contribution in [1.82, 2.24) is 4.98 Å². The summed E-state index contributed by atoms with van der Waals surface area (Å²) < 4.78 is 5.18. The number of hydrogen-bond donors (Lipinski definition) is 1. The fourth-order valence-electron chi connectivity index (χ4n) is 2.51. The van der Waals surface area contributed by atoms with E-state index in [0.29, 0.717) is 21.5 Å². The largest absolute Gasteiger partial charge is 0.496 e. The molecule has 0 aliphatic rings. The fraction of sp³-hybridized carbons (Fsp3) is 0.150. The van der Waals surface area contributed by atoms with Crippen molar-refractivity contribution in [3.8, 4) is 17.0 Å². The Hall–Kier alpha value is -2.70. The predicted molar refractivity (Wildman–Crippen MR) is 108 cm³/mol. The molecular weight excluding hydrogens is 384 g/mol. The van der Waals surface area contributed by atoms with Gasteiger partial charge in [-0.25, -0.2) is 4.98 Å². The molecular formula is C20H17ClN2O3S. The third-order valence-electron chi connectivity index (χ3n) is 3.86. The van der Waals surface area contributed by atoms with Gasteiger partial charge in [-0.2, -0.15) is 0 Å². The van der Waals surface area contributed by atoms with E-state index in [9.17, 15) is 9.59 Å². The molecule has 0 saturated heterocycles. The average Bonchev–Trinajstić information content (AvgIpc) is 3.15. The Balaban J connectivity index is 1.58. The lowest BCUT2D eigenvalue weighted by molar-refractivity contribution is -0.116. The van der Waals surface area contributed by atoms with Gasteiger partial charge in [-0.1, -0.05) is 41.9 Å². The van der Waals surface area contributed by atoms with Crippen molar-refractivity contribution in [3.63, 3.8) is 0 Å². The van der Waals surface area contributed by atoms with E-state index < -0.39 is 0 Å². The van der Waals surface area contributed by atoms with E-state index in [2.05, 4.69) is 10.3 Å². The maximum Gasteiger partial charge on any atom is 0.226 e. The van der Waals surface area contributed by atoms with Crippen molar-refractivity contribution in [2.45, 2.75) is 12.8 Å². The highest BCUT2D eigenvalue weighted by Crippen LogP contribution is 2.26. The number of hydrogen-bond acceptors (Lipinski definition) is 5. The van der Waals surface area contributed by atoms with Crippen molar-refractivity contribution in [2.75, 3.05) is 12.4 Å². The van der Waals surface area contributed by atoms with Crippen LogP contribution in [0.2, 0.25) is 5.02 Å². The molecule has 1 N–H and O–H groups in total. The topological polar surface area (TPSA) is 68.3 Å². The summed E-state index contributed by atoms with van der Waals surface area (Å²) in [5, 5.41) is 5.57. The van der Waals surface area contributed by atoms with Gasteiger partial charge >= 0.3 is 0 Å².